The molecule has 1 heterocycles. The van der Waals surface area contributed by atoms with E-state index in [4.69, 9.17) is 15.7 Å². The molecule has 2 N–H and O–H groups in total. The fourth-order valence-corrected chi connectivity index (χ4v) is 2.28. The van der Waals surface area contributed by atoms with Crippen LogP contribution in [0.25, 0.3) is 0 Å². The number of hydrogen-bond donors (Lipinski definition) is 1. The van der Waals surface area contributed by atoms with E-state index < -0.39 is 0 Å². The van der Waals surface area contributed by atoms with Gasteiger partial charge in [0.15, 0.2) is 0 Å². The van der Waals surface area contributed by atoms with Gasteiger partial charge in [-0.3, -0.25) is 4.90 Å². The van der Waals surface area contributed by atoms with E-state index in [0.717, 1.165) is 19.7 Å². The van der Waals surface area contributed by atoms with Gasteiger partial charge in [0.2, 0.25) is 0 Å². The summed E-state index contributed by atoms with van der Waals surface area (Å²) >= 11 is 0. The van der Waals surface area contributed by atoms with Crippen molar-refractivity contribution in [3.05, 3.63) is 35.4 Å². The maximum atomic E-state index is 8.79. The van der Waals surface area contributed by atoms with Gasteiger partial charge in [-0.15, -0.1) is 0 Å². The normalized spacial score (nSPS) is 22.4. The molecule has 0 aromatic heterocycles. The predicted molar refractivity (Wildman–Crippen MR) is 69.9 cm³/mol. The molecule has 0 spiro atoms. The van der Waals surface area contributed by atoms with E-state index >= 15 is 0 Å². The van der Waals surface area contributed by atoms with Crippen LogP contribution in [0.5, 0.6) is 0 Å². The molecule has 1 aromatic rings. The molecule has 1 aliphatic heterocycles. The van der Waals surface area contributed by atoms with Gasteiger partial charge in [-0.1, -0.05) is 12.1 Å². The highest BCUT2D eigenvalue weighted by atomic mass is 16.5. The lowest BCUT2D eigenvalue weighted by Gasteiger charge is -2.36. The summed E-state index contributed by atoms with van der Waals surface area (Å²) in [5.74, 6) is 0. The zero-order valence-corrected chi connectivity index (χ0v) is 10.7. The Balaban J connectivity index is 2.05. The predicted octanol–water partition coefficient (Wildman–Crippen LogP) is 1.28. The van der Waals surface area contributed by atoms with Crippen molar-refractivity contribution in [2.75, 3.05) is 26.2 Å². The average molecular weight is 245 g/mol. The summed E-state index contributed by atoms with van der Waals surface area (Å²) in [6, 6.07) is 10.3. The van der Waals surface area contributed by atoms with Crippen LogP contribution in [-0.4, -0.2) is 37.2 Å². The van der Waals surface area contributed by atoms with Crippen LogP contribution in [0.2, 0.25) is 0 Å². The summed E-state index contributed by atoms with van der Waals surface area (Å²) in [7, 11) is 0. The average Bonchev–Trinajstić information content (AvgIpc) is 2.46. The molecule has 0 saturated carbocycles. The van der Waals surface area contributed by atoms with Crippen LogP contribution < -0.4 is 5.73 Å². The Morgan fingerprint density at radius 2 is 2.22 bits per heavy atom. The third-order valence-corrected chi connectivity index (χ3v) is 3.50. The summed E-state index contributed by atoms with van der Waals surface area (Å²) in [5, 5.41) is 8.79. The van der Waals surface area contributed by atoms with Gasteiger partial charge in [0.1, 0.15) is 0 Å². The van der Waals surface area contributed by atoms with E-state index in [1.807, 2.05) is 24.3 Å². The number of benzene rings is 1. The molecule has 4 nitrogen and oxygen atoms in total. The second-order valence-corrected chi connectivity index (χ2v) is 4.63. The van der Waals surface area contributed by atoms with Crippen LogP contribution in [0.3, 0.4) is 0 Å². The quantitative estimate of drug-likeness (QED) is 0.871. The van der Waals surface area contributed by atoms with Gasteiger partial charge in [0.05, 0.1) is 24.3 Å². The smallest absolute Gasteiger partial charge is 0.0991 e. The molecule has 2 rings (SSSR count). The molecule has 96 valence electrons. The van der Waals surface area contributed by atoms with Gasteiger partial charge in [-0.2, -0.15) is 5.26 Å². The first-order valence-corrected chi connectivity index (χ1v) is 6.30. The van der Waals surface area contributed by atoms with Crippen LogP contribution >= 0.6 is 0 Å². The highest BCUT2D eigenvalue weighted by Crippen LogP contribution is 2.22. The molecular weight excluding hydrogens is 226 g/mol. The molecule has 0 aliphatic carbocycles. The second-order valence-electron chi connectivity index (χ2n) is 4.63. The summed E-state index contributed by atoms with van der Waals surface area (Å²) in [4.78, 5) is 2.38. The molecule has 1 fully saturated rings. The Morgan fingerprint density at radius 1 is 1.50 bits per heavy atom. The Bertz CT molecular complexity index is 424. The molecule has 1 saturated heterocycles. The first kappa shape index (κ1) is 13.0. The standard InChI is InChI=1S/C14H19N3O/c1-11(13-4-2-12(8-15)3-5-13)17-6-7-18-14(9-16)10-17/h2-5,11,14H,6-7,9-10,16H2,1H3. The summed E-state index contributed by atoms with van der Waals surface area (Å²) in [6.07, 6.45) is 0.139. The minimum atomic E-state index is 0.139. The Kier molecular flexibility index (Phi) is 4.32. The lowest BCUT2D eigenvalue weighted by atomic mass is 10.0. The minimum Gasteiger partial charge on any atom is -0.374 e. The number of nitrogens with zero attached hydrogens (tertiary/aromatic N) is 2. The first-order valence-electron chi connectivity index (χ1n) is 6.30. The first-order chi connectivity index (χ1) is 8.74. The molecule has 1 aliphatic rings. The van der Waals surface area contributed by atoms with Gasteiger partial charge in [-0.25, -0.2) is 0 Å². The van der Waals surface area contributed by atoms with Crippen LogP contribution in [0, 0.1) is 11.3 Å². The Labute approximate surface area is 108 Å². The number of nitrogens with two attached hydrogens (primary N) is 1. The van der Waals surface area contributed by atoms with Gasteiger partial charge in [0, 0.05) is 25.7 Å². The molecule has 0 radical (unpaired) electrons. The lowest BCUT2D eigenvalue weighted by Crippen LogP contribution is -2.46. The van der Waals surface area contributed by atoms with E-state index in [1.165, 1.54) is 5.56 Å². The van der Waals surface area contributed by atoms with Crippen molar-refractivity contribution in [3.8, 4) is 6.07 Å². The Hall–Kier alpha value is -1.41. The van der Waals surface area contributed by atoms with Crippen molar-refractivity contribution >= 4 is 0 Å². The summed E-state index contributed by atoms with van der Waals surface area (Å²) in [6.45, 7) is 5.29. The zero-order chi connectivity index (χ0) is 13.0. The maximum absolute atomic E-state index is 8.79. The highest BCUT2D eigenvalue weighted by molar-refractivity contribution is 5.32. The molecule has 0 amide bonds. The van der Waals surface area contributed by atoms with Crippen LogP contribution in [0.1, 0.15) is 24.1 Å². The van der Waals surface area contributed by atoms with E-state index in [9.17, 15) is 0 Å². The van der Waals surface area contributed by atoms with E-state index in [0.29, 0.717) is 18.2 Å². The number of ether oxygens (including phenoxy) is 1. The third kappa shape index (κ3) is 2.88. The molecular formula is C14H19N3O. The van der Waals surface area contributed by atoms with Crippen molar-refractivity contribution in [2.45, 2.75) is 19.1 Å². The molecule has 2 atom stereocenters. The van der Waals surface area contributed by atoms with Gasteiger partial charge < -0.3 is 10.5 Å². The van der Waals surface area contributed by atoms with Gasteiger partial charge >= 0.3 is 0 Å². The van der Waals surface area contributed by atoms with Crippen molar-refractivity contribution < 1.29 is 4.74 Å². The van der Waals surface area contributed by atoms with Crippen molar-refractivity contribution in [1.82, 2.24) is 4.90 Å². The monoisotopic (exact) mass is 245 g/mol. The fraction of sp³-hybridized carbons (Fsp3) is 0.500. The summed E-state index contributed by atoms with van der Waals surface area (Å²) < 4.78 is 5.57. The van der Waals surface area contributed by atoms with E-state index in [2.05, 4.69) is 17.9 Å². The number of morpholine rings is 1. The van der Waals surface area contributed by atoms with Crippen molar-refractivity contribution in [3.63, 3.8) is 0 Å². The molecule has 1 aromatic carbocycles. The van der Waals surface area contributed by atoms with Gasteiger partial charge in [0.25, 0.3) is 0 Å². The number of nitriles is 1. The van der Waals surface area contributed by atoms with Crippen LogP contribution in [0.4, 0.5) is 0 Å². The van der Waals surface area contributed by atoms with Crippen molar-refractivity contribution in [1.29, 1.82) is 5.26 Å². The lowest BCUT2D eigenvalue weighted by molar-refractivity contribution is -0.0364. The molecule has 4 heteroatoms. The summed E-state index contributed by atoms with van der Waals surface area (Å²) in [5.41, 5.74) is 7.58. The van der Waals surface area contributed by atoms with Gasteiger partial charge in [-0.05, 0) is 24.6 Å². The topological polar surface area (TPSA) is 62.3 Å². The zero-order valence-electron chi connectivity index (χ0n) is 10.7. The SMILES string of the molecule is CC(c1ccc(C#N)cc1)N1CCOC(CN)C1. The van der Waals surface area contributed by atoms with Crippen LogP contribution in [-0.2, 0) is 4.74 Å². The largest absolute Gasteiger partial charge is 0.374 e. The van der Waals surface area contributed by atoms with Crippen LogP contribution in [0.15, 0.2) is 24.3 Å². The maximum Gasteiger partial charge on any atom is 0.0991 e. The van der Waals surface area contributed by atoms with E-state index in [-0.39, 0.29) is 6.10 Å². The number of hydrogen-bond acceptors (Lipinski definition) is 4. The number of rotatable bonds is 3. The van der Waals surface area contributed by atoms with E-state index in [1.54, 1.807) is 0 Å². The Morgan fingerprint density at radius 3 is 2.83 bits per heavy atom. The van der Waals surface area contributed by atoms with Crippen molar-refractivity contribution in [2.24, 2.45) is 5.73 Å². The second kappa shape index (κ2) is 5.96. The third-order valence-electron chi connectivity index (χ3n) is 3.50. The minimum absolute atomic E-state index is 0.139. The molecule has 18 heavy (non-hydrogen) atoms. The fourth-order valence-electron chi connectivity index (χ4n) is 2.28. The molecule has 0 bridgehead atoms. The molecule has 2 unspecified atom stereocenters. The highest BCUT2D eigenvalue weighted by Gasteiger charge is 2.23.